The van der Waals surface area contributed by atoms with Crippen LogP contribution in [0.1, 0.15) is 23.7 Å². The van der Waals surface area contributed by atoms with Crippen molar-refractivity contribution in [3.8, 4) is 0 Å². The minimum atomic E-state index is -0.177. The average Bonchev–Trinajstić information content (AvgIpc) is 2.96. The number of benzene rings is 1. The molecule has 0 aliphatic carbocycles. The van der Waals surface area contributed by atoms with Crippen LogP contribution in [0.25, 0.3) is 0 Å². The summed E-state index contributed by atoms with van der Waals surface area (Å²) in [6, 6.07) is 7.08. The molecule has 5 nitrogen and oxygen atoms in total. The number of likely N-dealkylation sites (tertiary alicyclic amines) is 1. The van der Waals surface area contributed by atoms with Gasteiger partial charge in [0, 0.05) is 19.6 Å². The molecule has 3 heterocycles. The smallest absolute Gasteiger partial charge is 0.123 e. The van der Waals surface area contributed by atoms with Gasteiger partial charge in [0.15, 0.2) is 0 Å². The van der Waals surface area contributed by atoms with Gasteiger partial charge in [-0.15, -0.1) is 5.10 Å². The van der Waals surface area contributed by atoms with Crippen LogP contribution in [0.3, 0.4) is 0 Å². The number of rotatable bonds is 2. The minimum Gasteiger partial charge on any atom is -0.368 e. The third-order valence-corrected chi connectivity index (χ3v) is 4.31. The van der Waals surface area contributed by atoms with Gasteiger partial charge in [0.05, 0.1) is 30.6 Å². The molecule has 1 saturated heterocycles. The van der Waals surface area contributed by atoms with Crippen LogP contribution < -0.4 is 0 Å². The van der Waals surface area contributed by atoms with E-state index >= 15 is 0 Å². The monoisotopic (exact) mass is 288 g/mol. The second kappa shape index (κ2) is 5.20. The Morgan fingerprint density at radius 2 is 2.33 bits per heavy atom. The Labute approximate surface area is 122 Å². The van der Waals surface area contributed by atoms with Crippen LogP contribution in [-0.2, 0) is 17.9 Å². The van der Waals surface area contributed by atoms with E-state index in [4.69, 9.17) is 4.74 Å². The quantitative estimate of drug-likeness (QED) is 0.844. The first-order valence-electron chi connectivity index (χ1n) is 7.27. The summed E-state index contributed by atoms with van der Waals surface area (Å²) in [4.78, 5) is 2.32. The van der Waals surface area contributed by atoms with E-state index in [1.54, 1.807) is 18.3 Å². The minimum absolute atomic E-state index is 0.140. The summed E-state index contributed by atoms with van der Waals surface area (Å²) < 4.78 is 21.2. The fourth-order valence-corrected chi connectivity index (χ4v) is 3.29. The zero-order valence-electron chi connectivity index (χ0n) is 11.7. The van der Waals surface area contributed by atoms with Gasteiger partial charge in [-0.05, 0) is 24.1 Å². The topological polar surface area (TPSA) is 43.2 Å². The van der Waals surface area contributed by atoms with Crippen molar-refractivity contribution in [1.29, 1.82) is 0 Å². The maximum atomic E-state index is 13.3. The Bertz CT molecular complexity index is 644. The molecular formula is C15H17FN4O. The van der Waals surface area contributed by atoms with Crippen molar-refractivity contribution < 1.29 is 9.13 Å². The molecule has 0 bridgehead atoms. The fourth-order valence-electron chi connectivity index (χ4n) is 3.29. The lowest BCUT2D eigenvalue weighted by Crippen LogP contribution is -2.48. The predicted octanol–water partition coefficient (Wildman–Crippen LogP) is 1.76. The Morgan fingerprint density at radius 1 is 1.38 bits per heavy atom. The third kappa shape index (κ3) is 2.45. The molecule has 1 aromatic heterocycles. The van der Waals surface area contributed by atoms with Crippen LogP contribution in [0.5, 0.6) is 0 Å². The predicted molar refractivity (Wildman–Crippen MR) is 73.9 cm³/mol. The summed E-state index contributed by atoms with van der Waals surface area (Å²) in [5.41, 5.74) is 2.06. The van der Waals surface area contributed by atoms with Crippen LogP contribution in [-0.4, -0.2) is 39.1 Å². The molecule has 110 valence electrons. The van der Waals surface area contributed by atoms with Crippen molar-refractivity contribution in [3.05, 3.63) is 47.5 Å². The largest absolute Gasteiger partial charge is 0.368 e. The van der Waals surface area contributed by atoms with Gasteiger partial charge in [0.1, 0.15) is 5.82 Å². The molecule has 1 fully saturated rings. The van der Waals surface area contributed by atoms with Crippen LogP contribution >= 0.6 is 0 Å². The summed E-state index contributed by atoms with van der Waals surface area (Å²) in [7, 11) is 0. The molecule has 6 heteroatoms. The lowest BCUT2D eigenvalue weighted by atomic mass is 9.99. The Hall–Kier alpha value is -1.79. The summed E-state index contributed by atoms with van der Waals surface area (Å²) in [5.74, 6) is -0.177. The van der Waals surface area contributed by atoms with Crippen molar-refractivity contribution >= 4 is 0 Å². The summed E-state index contributed by atoms with van der Waals surface area (Å²) in [5, 5.41) is 8.15. The summed E-state index contributed by atoms with van der Waals surface area (Å²) >= 11 is 0. The van der Waals surface area contributed by atoms with Gasteiger partial charge in [-0.3, -0.25) is 4.90 Å². The zero-order valence-corrected chi connectivity index (χ0v) is 11.7. The molecule has 0 unspecified atom stereocenters. The molecule has 2 aromatic rings. The highest BCUT2D eigenvalue weighted by Crippen LogP contribution is 2.30. The Balaban J connectivity index is 1.46. The number of halogens is 1. The number of piperidine rings is 1. The van der Waals surface area contributed by atoms with E-state index in [-0.39, 0.29) is 18.0 Å². The first kappa shape index (κ1) is 12.9. The lowest BCUT2D eigenvalue weighted by Gasteiger charge is -2.41. The number of hydrogen-bond acceptors (Lipinski definition) is 4. The van der Waals surface area contributed by atoms with E-state index in [2.05, 4.69) is 15.2 Å². The van der Waals surface area contributed by atoms with Crippen LogP contribution in [0, 0.1) is 5.82 Å². The van der Waals surface area contributed by atoms with E-state index in [0.29, 0.717) is 6.61 Å². The number of hydrogen-bond donors (Lipinski definition) is 0. The van der Waals surface area contributed by atoms with Gasteiger partial charge in [0.2, 0.25) is 0 Å². The first-order valence-corrected chi connectivity index (χ1v) is 7.27. The maximum Gasteiger partial charge on any atom is 0.123 e. The van der Waals surface area contributed by atoms with Crippen LogP contribution in [0.4, 0.5) is 4.39 Å². The Morgan fingerprint density at radius 3 is 3.24 bits per heavy atom. The second-order valence-electron chi connectivity index (χ2n) is 5.74. The van der Waals surface area contributed by atoms with Gasteiger partial charge >= 0.3 is 0 Å². The molecule has 4 rings (SSSR count). The number of aromatic nitrogens is 3. The van der Waals surface area contributed by atoms with E-state index in [0.717, 1.165) is 37.3 Å². The highest BCUT2D eigenvalue weighted by Gasteiger charge is 2.36. The Kier molecular flexibility index (Phi) is 3.20. The zero-order chi connectivity index (χ0) is 14.2. The van der Waals surface area contributed by atoms with E-state index in [1.165, 1.54) is 6.07 Å². The van der Waals surface area contributed by atoms with Gasteiger partial charge < -0.3 is 4.74 Å². The molecule has 2 aliphatic rings. The second-order valence-corrected chi connectivity index (χ2v) is 5.74. The third-order valence-electron chi connectivity index (χ3n) is 4.31. The average molecular weight is 288 g/mol. The van der Waals surface area contributed by atoms with E-state index in [1.807, 2.05) is 10.7 Å². The van der Waals surface area contributed by atoms with Crippen LogP contribution in [0.2, 0.25) is 0 Å². The summed E-state index contributed by atoms with van der Waals surface area (Å²) in [6.07, 6.45) is 2.90. The highest BCUT2D eigenvalue weighted by molar-refractivity contribution is 5.16. The highest BCUT2D eigenvalue weighted by atomic mass is 19.1. The molecule has 2 aliphatic heterocycles. The van der Waals surface area contributed by atoms with Gasteiger partial charge in [0.25, 0.3) is 0 Å². The fraction of sp³-hybridized carbons (Fsp3) is 0.467. The van der Waals surface area contributed by atoms with Gasteiger partial charge in [-0.25, -0.2) is 9.07 Å². The molecule has 21 heavy (non-hydrogen) atoms. The molecule has 0 spiro atoms. The SMILES string of the molecule is Fc1cccc(CN2CC[C@H]3[C@H](C2)OCc2cnnn23)c1. The number of fused-ring (bicyclic) bond motifs is 3. The molecular weight excluding hydrogens is 271 g/mol. The van der Waals surface area contributed by atoms with E-state index < -0.39 is 0 Å². The van der Waals surface area contributed by atoms with Gasteiger partial charge in [-0.1, -0.05) is 17.3 Å². The van der Waals surface area contributed by atoms with Crippen molar-refractivity contribution in [2.45, 2.75) is 31.7 Å². The summed E-state index contributed by atoms with van der Waals surface area (Å²) in [6.45, 7) is 3.14. The molecule has 1 aromatic carbocycles. The van der Waals surface area contributed by atoms with Crippen molar-refractivity contribution in [2.75, 3.05) is 13.1 Å². The standard InChI is InChI=1S/C15H17FN4O/c16-12-3-1-2-11(6-12)8-19-5-4-14-15(9-19)21-10-13-7-17-18-20(13)14/h1-3,6-7,14-15H,4-5,8-10H2/t14-,15-/m0/s1. The van der Waals surface area contributed by atoms with Crippen molar-refractivity contribution in [2.24, 2.45) is 0 Å². The normalized spacial score (nSPS) is 25.4. The number of nitrogens with zero attached hydrogens (tertiary/aromatic N) is 4. The lowest BCUT2D eigenvalue weighted by molar-refractivity contribution is -0.0704. The van der Waals surface area contributed by atoms with Gasteiger partial charge in [-0.2, -0.15) is 0 Å². The molecule has 0 N–H and O–H groups in total. The molecule has 0 saturated carbocycles. The molecule has 0 amide bonds. The first-order chi connectivity index (χ1) is 10.3. The van der Waals surface area contributed by atoms with Crippen LogP contribution in [0.15, 0.2) is 30.5 Å². The van der Waals surface area contributed by atoms with E-state index in [9.17, 15) is 4.39 Å². The van der Waals surface area contributed by atoms with Crippen molar-refractivity contribution in [3.63, 3.8) is 0 Å². The number of ether oxygens (including phenoxy) is 1. The van der Waals surface area contributed by atoms with Crippen molar-refractivity contribution in [1.82, 2.24) is 19.9 Å². The molecule has 0 radical (unpaired) electrons. The maximum absolute atomic E-state index is 13.3. The molecule has 2 atom stereocenters.